The van der Waals surface area contributed by atoms with Crippen LogP contribution in [0, 0.1) is 5.41 Å². The molecule has 1 spiro atoms. The highest BCUT2D eigenvalue weighted by atomic mass is 16.1. The summed E-state index contributed by atoms with van der Waals surface area (Å²) in [5.74, 6) is 0.521. The Hall–Kier alpha value is -0.590. The molecule has 2 aliphatic rings. The fourth-order valence-corrected chi connectivity index (χ4v) is 2.93. The van der Waals surface area contributed by atoms with E-state index in [9.17, 15) is 4.79 Å². The molecule has 0 N–H and O–H groups in total. The Morgan fingerprint density at radius 2 is 1.92 bits per heavy atom. The van der Waals surface area contributed by atoms with Gasteiger partial charge in [0.05, 0.1) is 0 Å². The summed E-state index contributed by atoms with van der Waals surface area (Å²) < 4.78 is 0. The summed E-state index contributed by atoms with van der Waals surface area (Å²) in [6, 6.07) is 0. The van der Waals surface area contributed by atoms with Crippen LogP contribution in [0.15, 0.2) is 11.6 Å². The van der Waals surface area contributed by atoms with Crippen LogP contribution in [-0.2, 0) is 4.79 Å². The first-order valence-electron chi connectivity index (χ1n) is 4.98. The van der Waals surface area contributed by atoms with E-state index in [4.69, 9.17) is 0 Å². The number of hydrogen-bond donors (Lipinski definition) is 0. The molecular formula is C11H16O. The molecule has 0 aromatic rings. The van der Waals surface area contributed by atoms with E-state index in [0.29, 0.717) is 5.78 Å². The SMILES string of the molecule is C/C=C1/CCCC12CCCC2=O. The van der Waals surface area contributed by atoms with Crippen LogP contribution in [0.1, 0.15) is 45.4 Å². The second-order valence-corrected chi connectivity index (χ2v) is 4.03. The molecule has 0 aliphatic heterocycles. The zero-order valence-corrected chi connectivity index (χ0v) is 7.73. The molecule has 2 aliphatic carbocycles. The summed E-state index contributed by atoms with van der Waals surface area (Å²) in [7, 11) is 0. The molecule has 0 aromatic carbocycles. The van der Waals surface area contributed by atoms with Gasteiger partial charge in [0.25, 0.3) is 0 Å². The number of rotatable bonds is 0. The maximum Gasteiger partial charge on any atom is 0.143 e. The van der Waals surface area contributed by atoms with Crippen molar-refractivity contribution >= 4 is 5.78 Å². The molecule has 2 saturated carbocycles. The number of allylic oxidation sites excluding steroid dienone is 2. The summed E-state index contributed by atoms with van der Waals surface area (Å²) in [5.41, 5.74) is 1.47. The summed E-state index contributed by atoms with van der Waals surface area (Å²) in [6.45, 7) is 2.08. The van der Waals surface area contributed by atoms with Crippen LogP contribution in [0.5, 0.6) is 0 Å². The third-order valence-corrected chi connectivity index (χ3v) is 3.55. The number of ketones is 1. The van der Waals surface area contributed by atoms with Gasteiger partial charge in [0.2, 0.25) is 0 Å². The van der Waals surface area contributed by atoms with Crippen molar-refractivity contribution in [3.05, 3.63) is 11.6 Å². The summed E-state index contributed by atoms with van der Waals surface area (Å²) >= 11 is 0. The van der Waals surface area contributed by atoms with E-state index >= 15 is 0 Å². The average Bonchev–Trinajstić information content (AvgIpc) is 2.62. The van der Waals surface area contributed by atoms with Gasteiger partial charge in [0.15, 0.2) is 0 Å². The van der Waals surface area contributed by atoms with Crippen LogP contribution in [0.25, 0.3) is 0 Å². The molecule has 1 heteroatoms. The molecule has 0 saturated heterocycles. The minimum Gasteiger partial charge on any atom is -0.299 e. The molecule has 0 bridgehead atoms. The summed E-state index contributed by atoms with van der Waals surface area (Å²) in [4.78, 5) is 11.7. The van der Waals surface area contributed by atoms with Crippen molar-refractivity contribution in [3.8, 4) is 0 Å². The Morgan fingerprint density at radius 1 is 1.25 bits per heavy atom. The molecule has 0 aromatic heterocycles. The third-order valence-electron chi connectivity index (χ3n) is 3.55. The highest BCUT2D eigenvalue weighted by Crippen LogP contribution is 2.51. The fraction of sp³-hybridized carbons (Fsp3) is 0.727. The number of carbonyl (C=O) groups excluding carboxylic acids is 1. The second-order valence-electron chi connectivity index (χ2n) is 4.03. The highest BCUT2D eigenvalue weighted by Gasteiger charge is 2.46. The van der Waals surface area contributed by atoms with Crippen LogP contribution >= 0.6 is 0 Å². The first kappa shape index (κ1) is 8.03. The molecule has 0 amide bonds. The molecular weight excluding hydrogens is 148 g/mol. The number of hydrogen-bond acceptors (Lipinski definition) is 1. The molecule has 0 heterocycles. The van der Waals surface area contributed by atoms with Gasteiger partial charge in [-0.15, -0.1) is 0 Å². The third kappa shape index (κ3) is 0.886. The number of carbonyl (C=O) groups is 1. The predicted molar refractivity (Wildman–Crippen MR) is 48.9 cm³/mol. The van der Waals surface area contributed by atoms with Crippen LogP contribution in [0.2, 0.25) is 0 Å². The van der Waals surface area contributed by atoms with Gasteiger partial charge in [0, 0.05) is 11.8 Å². The molecule has 66 valence electrons. The molecule has 0 radical (unpaired) electrons. The zero-order valence-electron chi connectivity index (χ0n) is 7.73. The van der Waals surface area contributed by atoms with Gasteiger partial charge in [0.1, 0.15) is 5.78 Å². The largest absolute Gasteiger partial charge is 0.299 e. The van der Waals surface area contributed by atoms with Gasteiger partial charge >= 0.3 is 0 Å². The Labute approximate surface area is 73.8 Å². The van der Waals surface area contributed by atoms with E-state index in [2.05, 4.69) is 13.0 Å². The van der Waals surface area contributed by atoms with Crippen molar-refractivity contribution in [3.63, 3.8) is 0 Å². The Kier molecular flexibility index (Phi) is 1.82. The van der Waals surface area contributed by atoms with Crippen LogP contribution in [-0.4, -0.2) is 5.78 Å². The van der Waals surface area contributed by atoms with Crippen LogP contribution in [0.4, 0.5) is 0 Å². The lowest BCUT2D eigenvalue weighted by molar-refractivity contribution is -0.123. The molecule has 12 heavy (non-hydrogen) atoms. The van der Waals surface area contributed by atoms with Gasteiger partial charge in [-0.1, -0.05) is 11.6 Å². The summed E-state index contributed by atoms with van der Waals surface area (Å²) in [6.07, 6.45) is 8.79. The van der Waals surface area contributed by atoms with E-state index in [0.717, 1.165) is 25.7 Å². The predicted octanol–water partition coefficient (Wildman–Crippen LogP) is 2.86. The Morgan fingerprint density at radius 3 is 2.50 bits per heavy atom. The fourth-order valence-electron chi connectivity index (χ4n) is 2.93. The standard InChI is InChI=1S/C11H16O/c1-2-9-5-3-7-11(9)8-4-6-10(11)12/h2H,3-8H2,1H3/b9-2-. The second kappa shape index (κ2) is 2.72. The van der Waals surface area contributed by atoms with Crippen molar-refractivity contribution < 1.29 is 4.79 Å². The smallest absolute Gasteiger partial charge is 0.143 e. The van der Waals surface area contributed by atoms with Crippen molar-refractivity contribution in [2.75, 3.05) is 0 Å². The van der Waals surface area contributed by atoms with Gasteiger partial charge < -0.3 is 0 Å². The minimum atomic E-state index is 0.0365. The zero-order chi connectivity index (χ0) is 8.60. The average molecular weight is 164 g/mol. The molecule has 2 fully saturated rings. The lowest BCUT2D eigenvalue weighted by Crippen LogP contribution is -2.23. The maximum atomic E-state index is 11.7. The van der Waals surface area contributed by atoms with Gasteiger partial charge in [-0.2, -0.15) is 0 Å². The minimum absolute atomic E-state index is 0.0365. The molecule has 1 unspecified atom stereocenters. The Bertz CT molecular complexity index is 235. The van der Waals surface area contributed by atoms with E-state index < -0.39 is 0 Å². The first-order chi connectivity index (χ1) is 5.79. The van der Waals surface area contributed by atoms with Crippen LogP contribution < -0.4 is 0 Å². The Balaban J connectivity index is 2.35. The van der Waals surface area contributed by atoms with Gasteiger partial charge in [-0.25, -0.2) is 0 Å². The molecule has 2 rings (SSSR count). The van der Waals surface area contributed by atoms with Crippen molar-refractivity contribution in [1.29, 1.82) is 0 Å². The topological polar surface area (TPSA) is 17.1 Å². The van der Waals surface area contributed by atoms with Gasteiger partial charge in [-0.3, -0.25) is 4.79 Å². The van der Waals surface area contributed by atoms with E-state index in [-0.39, 0.29) is 5.41 Å². The van der Waals surface area contributed by atoms with E-state index in [1.165, 1.54) is 18.4 Å². The van der Waals surface area contributed by atoms with Gasteiger partial charge in [-0.05, 0) is 39.0 Å². The van der Waals surface area contributed by atoms with E-state index in [1.54, 1.807) is 0 Å². The summed E-state index contributed by atoms with van der Waals surface area (Å²) in [5, 5.41) is 0. The normalized spacial score (nSPS) is 38.8. The maximum absolute atomic E-state index is 11.7. The van der Waals surface area contributed by atoms with Crippen molar-refractivity contribution in [2.45, 2.75) is 45.4 Å². The first-order valence-corrected chi connectivity index (χ1v) is 4.98. The lowest BCUT2D eigenvalue weighted by atomic mass is 9.80. The highest BCUT2D eigenvalue weighted by molar-refractivity contribution is 5.90. The van der Waals surface area contributed by atoms with Crippen LogP contribution in [0.3, 0.4) is 0 Å². The van der Waals surface area contributed by atoms with E-state index in [1.807, 2.05) is 0 Å². The van der Waals surface area contributed by atoms with Crippen molar-refractivity contribution in [2.24, 2.45) is 5.41 Å². The number of Topliss-reactive ketones (excluding diaryl/α,β-unsaturated/α-hetero) is 1. The lowest BCUT2D eigenvalue weighted by Gasteiger charge is -2.22. The van der Waals surface area contributed by atoms with Crippen molar-refractivity contribution in [1.82, 2.24) is 0 Å². The quantitative estimate of drug-likeness (QED) is 0.503. The monoisotopic (exact) mass is 164 g/mol. The molecule has 1 nitrogen and oxygen atoms in total. The molecule has 1 atom stereocenters.